The standard InChI is InChI=1S/C21H19ClN2O4/c22-10-13-4-6-14(7-5-13)12-28-17-3-1-2-15-11-24(21(27)19(15)17)16-8-9-18(25)23-20(16)26/h1-7,16H,8-12H2,(H,23,25,26). The Hall–Kier alpha value is -2.86. The van der Waals surface area contributed by atoms with Crippen LogP contribution in [0.1, 0.15) is 39.9 Å². The summed E-state index contributed by atoms with van der Waals surface area (Å²) in [5.41, 5.74) is 3.31. The summed E-state index contributed by atoms with van der Waals surface area (Å²) in [4.78, 5) is 38.1. The van der Waals surface area contributed by atoms with E-state index in [1.807, 2.05) is 36.4 Å². The molecule has 144 valence electrons. The fourth-order valence-electron chi connectivity index (χ4n) is 3.59. The molecular weight excluding hydrogens is 380 g/mol. The number of piperidine rings is 1. The third kappa shape index (κ3) is 3.47. The van der Waals surface area contributed by atoms with E-state index in [9.17, 15) is 14.4 Å². The van der Waals surface area contributed by atoms with Gasteiger partial charge in [0.25, 0.3) is 5.91 Å². The van der Waals surface area contributed by atoms with E-state index in [0.717, 1.165) is 16.7 Å². The molecule has 2 aromatic rings. The third-order valence-electron chi connectivity index (χ3n) is 5.09. The van der Waals surface area contributed by atoms with Gasteiger partial charge in [-0.05, 0) is 29.2 Å². The SMILES string of the molecule is O=C1CCC(N2Cc3cccc(OCc4ccc(CCl)cc4)c3C2=O)C(=O)N1. The van der Waals surface area contributed by atoms with Gasteiger partial charge in [0.05, 0.1) is 5.56 Å². The van der Waals surface area contributed by atoms with Crippen molar-refractivity contribution in [2.24, 2.45) is 0 Å². The Morgan fingerprint density at radius 2 is 1.82 bits per heavy atom. The number of ether oxygens (including phenoxy) is 1. The summed E-state index contributed by atoms with van der Waals surface area (Å²) in [5, 5.41) is 2.31. The number of amides is 3. The van der Waals surface area contributed by atoms with Gasteiger partial charge in [0.15, 0.2) is 0 Å². The Bertz CT molecular complexity index is 942. The van der Waals surface area contributed by atoms with E-state index in [1.54, 1.807) is 6.07 Å². The van der Waals surface area contributed by atoms with Gasteiger partial charge in [-0.1, -0.05) is 36.4 Å². The van der Waals surface area contributed by atoms with Crippen LogP contribution >= 0.6 is 11.6 Å². The van der Waals surface area contributed by atoms with Gasteiger partial charge in [-0.2, -0.15) is 0 Å². The molecule has 1 N–H and O–H groups in total. The zero-order valence-electron chi connectivity index (χ0n) is 15.1. The molecular formula is C21H19ClN2O4. The van der Waals surface area contributed by atoms with Crippen LogP contribution in [0.5, 0.6) is 5.75 Å². The number of imide groups is 1. The van der Waals surface area contributed by atoms with Crippen molar-refractivity contribution in [3.63, 3.8) is 0 Å². The molecule has 2 aromatic carbocycles. The molecule has 1 atom stereocenters. The number of alkyl halides is 1. The summed E-state index contributed by atoms with van der Waals surface area (Å²) in [6, 6.07) is 12.6. The highest BCUT2D eigenvalue weighted by Crippen LogP contribution is 2.33. The van der Waals surface area contributed by atoms with E-state index in [4.69, 9.17) is 16.3 Å². The lowest BCUT2D eigenvalue weighted by Crippen LogP contribution is -2.52. The minimum atomic E-state index is -0.631. The van der Waals surface area contributed by atoms with Gasteiger partial charge in [0.1, 0.15) is 18.4 Å². The van der Waals surface area contributed by atoms with Crippen molar-refractivity contribution in [2.75, 3.05) is 0 Å². The lowest BCUT2D eigenvalue weighted by molar-refractivity contribution is -0.136. The van der Waals surface area contributed by atoms with Gasteiger partial charge in [0, 0.05) is 18.8 Å². The maximum Gasteiger partial charge on any atom is 0.258 e. The van der Waals surface area contributed by atoms with Crippen molar-refractivity contribution in [3.8, 4) is 5.75 Å². The highest BCUT2D eigenvalue weighted by molar-refractivity contribution is 6.17. The zero-order valence-corrected chi connectivity index (χ0v) is 15.9. The quantitative estimate of drug-likeness (QED) is 0.620. The Morgan fingerprint density at radius 1 is 1.07 bits per heavy atom. The molecule has 0 bridgehead atoms. The van der Waals surface area contributed by atoms with E-state index in [-0.39, 0.29) is 18.2 Å². The van der Waals surface area contributed by atoms with Crippen molar-refractivity contribution in [3.05, 3.63) is 64.7 Å². The number of rotatable bonds is 5. The highest BCUT2D eigenvalue weighted by Gasteiger charge is 2.40. The monoisotopic (exact) mass is 398 g/mol. The summed E-state index contributed by atoms with van der Waals surface area (Å²) in [6.45, 7) is 0.660. The van der Waals surface area contributed by atoms with Crippen LogP contribution in [-0.4, -0.2) is 28.7 Å². The predicted molar refractivity (Wildman–Crippen MR) is 103 cm³/mol. The van der Waals surface area contributed by atoms with E-state index < -0.39 is 11.9 Å². The summed E-state index contributed by atoms with van der Waals surface area (Å²) in [5.74, 6) is 0.00282. The van der Waals surface area contributed by atoms with Crippen LogP contribution in [0.25, 0.3) is 0 Å². The number of carbonyl (C=O) groups is 3. The van der Waals surface area contributed by atoms with Gasteiger partial charge in [-0.15, -0.1) is 11.6 Å². The summed E-state index contributed by atoms with van der Waals surface area (Å²) in [7, 11) is 0. The third-order valence-corrected chi connectivity index (χ3v) is 5.39. The van der Waals surface area contributed by atoms with Crippen molar-refractivity contribution in [1.82, 2.24) is 10.2 Å². The first-order chi connectivity index (χ1) is 13.6. The lowest BCUT2D eigenvalue weighted by Gasteiger charge is -2.29. The molecule has 4 rings (SSSR count). The number of halogens is 1. The zero-order chi connectivity index (χ0) is 19.7. The molecule has 0 aromatic heterocycles. The fourth-order valence-corrected chi connectivity index (χ4v) is 3.77. The van der Waals surface area contributed by atoms with Crippen LogP contribution in [0, 0.1) is 0 Å². The fraction of sp³-hybridized carbons (Fsp3) is 0.286. The molecule has 28 heavy (non-hydrogen) atoms. The van der Waals surface area contributed by atoms with Crippen molar-refractivity contribution in [1.29, 1.82) is 0 Å². The van der Waals surface area contributed by atoms with Crippen LogP contribution in [0.15, 0.2) is 42.5 Å². The molecule has 1 saturated heterocycles. The number of carbonyl (C=O) groups excluding carboxylic acids is 3. The molecule has 1 fully saturated rings. The first-order valence-corrected chi connectivity index (χ1v) is 9.63. The largest absolute Gasteiger partial charge is 0.488 e. The lowest BCUT2D eigenvalue weighted by atomic mass is 10.0. The number of nitrogens with zero attached hydrogens (tertiary/aromatic N) is 1. The van der Waals surface area contributed by atoms with Crippen LogP contribution in [-0.2, 0) is 28.6 Å². The number of benzene rings is 2. The molecule has 2 aliphatic rings. The Labute approximate surface area is 167 Å². The maximum absolute atomic E-state index is 13.0. The van der Waals surface area contributed by atoms with Crippen molar-refractivity contribution < 1.29 is 19.1 Å². The van der Waals surface area contributed by atoms with Crippen molar-refractivity contribution in [2.45, 2.75) is 37.9 Å². The minimum absolute atomic E-state index is 0.234. The molecule has 0 spiro atoms. The van der Waals surface area contributed by atoms with Crippen LogP contribution < -0.4 is 10.1 Å². The smallest absolute Gasteiger partial charge is 0.258 e. The second-order valence-electron chi connectivity index (χ2n) is 6.93. The summed E-state index contributed by atoms with van der Waals surface area (Å²) < 4.78 is 5.92. The minimum Gasteiger partial charge on any atom is -0.488 e. The van der Waals surface area contributed by atoms with E-state index in [2.05, 4.69) is 5.32 Å². The summed E-state index contributed by atoms with van der Waals surface area (Å²) >= 11 is 5.81. The topological polar surface area (TPSA) is 75.7 Å². The average molecular weight is 399 g/mol. The molecule has 0 radical (unpaired) electrons. The highest BCUT2D eigenvalue weighted by atomic mass is 35.5. The molecule has 3 amide bonds. The molecule has 2 aliphatic heterocycles. The Balaban J connectivity index is 1.51. The van der Waals surface area contributed by atoms with E-state index in [1.165, 1.54) is 4.90 Å². The van der Waals surface area contributed by atoms with Gasteiger partial charge in [-0.3, -0.25) is 19.7 Å². The number of hydrogen-bond acceptors (Lipinski definition) is 4. The second-order valence-corrected chi connectivity index (χ2v) is 7.20. The van der Waals surface area contributed by atoms with Crippen LogP contribution in [0.2, 0.25) is 0 Å². The van der Waals surface area contributed by atoms with Gasteiger partial charge < -0.3 is 9.64 Å². The molecule has 6 nitrogen and oxygen atoms in total. The number of nitrogens with one attached hydrogen (secondary N) is 1. The molecule has 2 heterocycles. The Morgan fingerprint density at radius 3 is 2.54 bits per heavy atom. The van der Waals surface area contributed by atoms with E-state index in [0.29, 0.717) is 36.8 Å². The molecule has 1 unspecified atom stereocenters. The van der Waals surface area contributed by atoms with Gasteiger partial charge in [-0.25, -0.2) is 0 Å². The first-order valence-electron chi connectivity index (χ1n) is 9.10. The second kappa shape index (κ2) is 7.64. The van der Waals surface area contributed by atoms with Crippen LogP contribution in [0.4, 0.5) is 0 Å². The number of hydrogen-bond donors (Lipinski definition) is 1. The molecule has 0 saturated carbocycles. The van der Waals surface area contributed by atoms with Gasteiger partial charge in [0.2, 0.25) is 11.8 Å². The van der Waals surface area contributed by atoms with Crippen LogP contribution in [0.3, 0.4) is 0 Å². The number of fused-ring (bicyclic) bond motifs is 1. The first kappa shape index (κ1) is 18.5. The predicted octanol–water partition coefficient (Wildman–Crippen LogP) is 2.77. The maximum atomic E-state index is 13.0. The average Bonchev–Trinajstić information content (AvgIpc) is 3.04. The van der Waals surface area contributed by atoms with Gasteiger partial charge >= 0.3 is 0 Å². The normalized spacial score (nSPS) is 18.8. The molecule has 0 aliphatic carbocycles. The summed E-state index contributed by atoms with van der Waals surface area (Å²) in [6.07, 6.45) is 0.575. The van der Waals surface area contributed by atoms with E-state index >= 15 is 0 Å². The Kier molecular flexibility index (Phi) is 5.05. The van der Waals surface area contributed by atoms with Crippen molar-refractivity contribution >= 4 is 29.3 Å². The molecule has 7 heteroatoms.